The van der Waals surface area contributed by atoms with E-state index in [1.807, 2.05) is 0 Å². The molecule has 1 aliphatic heterocycles. The zero-order chi connectivity index (χ0) is 22.7. The maximum atomic E-state index is 13.1. The molecule has 4 rings (SSSR count). The first-order valence-corrected chi connectivity index (χ1v) is 10.1. The van der Waals surface area contributed by atoms with Crippen LogP contribution in [0.3, 0.4) is 0 Å². The zero-order valence-electron chi connectivity index (χ0n) is 17.2. The summed E-state index contributed by atoms with van der Waals surface area (Å²) >= 11 is 6.14. The third-order valence-electron chi connectivity index (χ3n) is 5.89. The van der Waals surface area contributed by atoms with Crippen molar-refractivity contribution in [1.29, 1.82) is 0 Å². The molecular weight excluding hydrogens is 431 g/mol. The van der Waals surface area contributed by atoms with E-state index in [9.17, 15) is 18.0 Å². The second kappa shape index (κ2) is 7.19. The first-order chi connectivity index (χ1) is 14.5. The van der Waals surface area contributed by atoms with Crippen molar-refractivity contribution in [3.63, 3.8) is 0 Å². The van der Waals surface area contributed by atoms with E-state index in [4.69, 9.17) is 11.6 Å². The lowest BCUT2D eigenvalue weighted by Crippen LogP contribution is -2.41. The second-order valence-electron chi connectivity index (χ2n) is 8.30. The smallest absolute Gasteiger partial charge is 0.302 e. The van der Waals surface area contributed by atoms with Crippen LogP contribution in [0.5, 0.6) is 0 Å². The maximum absolute atomic E-state index is 13.1. The SMILES string of the molecule is C=Cn1nc(Cl)cc(C2CC2c2cc3c(cn2)C(C)(C)C(=O)N3CC(F)(F)F)c1=NC. The molecule has 0 N–H and O–H groups in total. The van der Waals surface area contributed by atoms with Crippen molar-refractivity contribution < 1.29 is 18.0 Å². The van der Waals surface area contributed by atoms with Gasteiger partial charge in [0, 0.05) is 42.2 Å². The van der Waals surface area contributed by atoms with Crippen LogP contribution < -0.4 is 10.4 Å². The molecule has 10 heteroatoms. The predicted molar refractivity (Wildman–Crippen MR) is 111 cm³/mol. The summed E-state index contributed by atoms with van der Waals surface area (Å²) < 4.78 is 40.9. The maximum Gasteiger partial charge on any atom is 0.406 e. The minimum Gasteiger partial charge on any atom is -0.302 e. The number of nitrogens with zero attached hydrogens (tertiary/aromatic N) is 5. The molecule has 164 valence electrons. The van der Waals surface area contributed by atoms with E-state index in [2.05, 4.69) is 21.7 Å². The van der Waals surface area contributed by atoms with Gasteiger partial charge in [0.05, 0.1) is 11.1 Å². The largest absolute Gasteiger partial charge is 0.406 e. The van der Waals surface area contributed by atoms with E-state index < -0.39 is 24.0 Å². The zero-order valence-corrected chi connectivity index (χ0v) is 18.0. The molecule has 2 unspecified atom stereocenters. The third-order valence-corrected chi connectivity index (χ3v) is 6.08. The molecule has 1 saturated carbocycles. The average molecular weight is 452 g/mol. The van der Waals surface area contributed by atoms with Gasteiger partial charge in [-0.15, -0.1) is 0 Å². The summed E-state index contributed by atoms with van der Waals surface area (Å²) in [6.07, 6.45) is -0.723. The number of fused-ring (bicyclic) bond motifs is 1. The van der Waals surface area contributed by atoms with Crippen molar-refractivity contribution in [2.75, 3.05) is 18.5 Å². The Hall–Kier alpha value is -2.68. The van der Waals surface area contributed by atoms with Crippen LogP contribution in [-0.4, -0.2) is 40.4 Å². The van der Waals surface area contributed by atoms with E-state index in [1.54, 1.807) is 33.0 Å². The predicted octanol–water partition coefficient (Wildman–Crippen LogP) is 4.02. The van der Waals surface area contributed by atoms with Crippen molar-refractivity contribution in [3.8, 4) is 0 Å². The normalized spacial score (nSPS) is 22.6. The van der Waals surface area contributed by atoms with E-state index >= 15 is 0 Å². The van der Waals surface area contributed by atoms with Crippen LogP contribution in [0.2, 0.25) is 5.15 Å². The Morgan fingerprint density at radius 2 is 2.06 bits per heavy atom. The highest BCUT2D eigenvalue weighted by Gasteiger charge is 2.49. The Kier molecular flexibility index (Phi) is 4.99. The highest BCUT2D eigenvalue weighted by Crippen LogP contribution is 2.55. The van der Waals surface area contributed by atoms with Gasteiger partial charge in [-0.2, -0.15) is 18.3 Å². The topological polar surface area (TPSA) is 63.4 Å². The van der Waals surface area contributed by atoms with Crippen LogP contribution in [0.1, 0.15) is 48.9 Å². The molecule has 0 bridgehead atoms. The number of carbonyl (C=O) groups excluding carboxylic acids is 1. The standard InChI is InChI=1S/C21H21ClF3N5O/c1-5-30-18(26-4)13(7-17(22)28-30)11-6-12(11)15-8-16-14(9-27-15)20(2,3)19(31)29(16)10-21(23,24)25/h5,7-9,11-12H,1,6,10H2,2-4H3. The molecule has 31 heavy (non-hydrogen) atoms. The molecule has 6 nitrogen and oxygen atoms in total. The lowest BCUT2D eigenvalue weighted by Gasteiger charge is -2.21. The minimum atomic E-state index is -4.50. The number of anilines is 1. The van der Waals surface area contributed by atoms with Gasteiger partial charge in [0.15, 0.2) is 5.49 Å². The Labute approximate surface area is 182 Å². The van der Waals surface area contributed by atoms with Crippen LogP contribution in [0.15, 0.2) is 29.9 Å². The van der Waals surface area contributed by atoms with Crippen LogP contribution in [-0.2, 0) is 10.2 Å². The molecule has 0 spiro atoms. The Balaban J connectivity index is 1.72. The minimum absolute atomic E-state index is 0.0194. The van der Waals surface area contributed by atoms with Gasteiger partial charge in [-0.3, -0.25) is 14.8 Å². The lowest BCUT2D eigenvalue weighted by molar-refractivity contribution is -0.134. The number of alkyl halides is 3. The molecule has 2 aromatic rings. The molecule has 1 fully saturated rings. The number of halogens is 4. The summed E-state index contributed by atoms with van der Waals surface area (Å²) in [5.74, 6) is -0.558. The van der Waals surface area contributed by atoms with Gasteiger partial charge in [0.2, 0.25) is 5.91 Å². The first-order valence-electron chi connectivity index (χ1n) is 9.71. The Morgan fingerprint density at radius 3 is 2.68 bits per heavy atom. The average Bonchev–Trinajstić information content (AvgIpc) is 3.47. The van der Waals surface area contributed by atoms with Crippen molar-refractivity contribution in [2.24, 2.45) is 4.99 Å². The summed E-state index contributed by atoms with van der Waals surface area (Å²) in [7, 11) is 1.64. The number of carbonyl (C=O) groups is 1. The van der Waals surface area contributed by atoms with Crippen molar-refractivity contribution in [1.82, 2.24) is 14.8 Å². The van der Waals surface area contributed by atoms with Crippen molar-refractivity contribution in [3.05, 3.63) is 52.4 Å². The molecule has 2 aromatic heterocycles. The molecule has 1 amide bonds. The molecule has 2 atom stereocenters. The van der Waals surface area contributed by atoms with Gasteiger partial charge in [-0.05, 0) is 38.3 Å². The molecule has 3 heterocycles. The van der Waals surface area contributed by atoms with E-state index in [0.717, 1.165) is 16.9 Å². The van der Waals surface area contributed by atoms with E-state index in [1.165, 1.54) is 17.1 Å². The van der Waals surface area contributed by atoms with E-state index in [0.29, 0.717) is 21.9 Å². The Morgan fingerprint density at radius 1 is 1.35 bits per heavy atom. The van der Waals surface area contributed by atoms with Gasteiger partial charge < -0.3 is 4.90 Å². The summed E-state index contributed by atoms with van der Waals surface area (Å²) in [6, 6.07) is 3.36. The number of hydrogen-bond acceptors (Lipinski definition) is 4. The molecule has 1 aliphatic carbocycles. The Bertz CT molecular complexity index is 1150. The second-order valence-corrected chi connectivity index (χ2v) is 8.69. The number of aromatic nitrogens is 3. The number of rotatable bonds is 4. The van der Waals surface area contributed by atoms with Crippen LogP contribution in [0, 0.1) is 0 Å². The fourth-order valence-electron chi connectivity index (χ4n) is 4.27. The molecule has 0 aromatic carbocycles. The van der Waals surface area contributed by atoms with Gasteiger partial charge in [0.1, 0.15) is 11.7 Å². The van der Waals surface area contributed by atoms with Crippen molar-refractivity contribution >= 4 is 29.4 Å². The number of hydrogen-bond donors (Lipinski definition) is 0. The molecular formula is C21H21ClF3N5O. The third kappa shape index (κ3) is 3.64. The van der Waals surface area contributed by atoms with Crippen LogP contribution in [0.4, 0.5) is 18.9 Å². The van der Waals surface area contributed by atoms with E-state index in [-0.39, 0.29) is 17.5 Å². The number of pyridine rings is 1. The summed E-state index contributed by atoms with van der Waals surface area (Å²) in [6.45, 7) is 5.63. The van der Waals surface area contributed by atoms with Crippen LogP contribution >= 0.6 is 11.6 Å². The molecule has 0 saturated heterocycles. The highest BCUT2D eigenvalue weighted by molar-refractivity contribution is 6.29. The van der Waals surface area contributed by atoms with Gasteiger partial charge >= 0.3 is 6.18 Å². The van der Waals surface area contributed by atoms with Crippen molar-refractivity contribution in [2.45, 2.75) is 43.7 Å². The molecule has 2 aliphatic rings. The summed E-state index contributed by atoms with van der Waals surface area (Å²) in [4.78, 5) is 22.3. The summed E-state index contributed by atoms with van der Waals surface area (Å²) in [5.41, 5.74) is 1.85. The first kappa shape index (κ1) is 21.5. The molecule has 0 radical (unpaired) electrons. The fraction of sp³-hybridized carbons (Fsp3) is 0.429. The fourth-order valence-corrected chi connectivity index (χ4v) is 4.47. The van der Waals surface area contributed by atoms with Crippen LogP contribution in [0.25, 0.3) is 6.20 Å². The van der Waals surface area contributed by atoms with Gasteiger partial charge in [-0.25, -0.2) is 4.68 Å². The highest BCUT2D eigenvalue weighted by atomic mass is 35.5. The lowest BCUT2D eigenvalue weighted by atomic mass is 9.87. The summed E-state index contributed by atoms with van der Waals surface area (Å²) in [5, 5.41) is 4.44. The van der Waals surface area contributed by atoms with Gasteiger partial charge in [-0.1, -0.05) is 18.2 Å². The van der Waals surface area contributed by atoms with Gasteiger partial charge in [0.25, 0.3) is 0 Å². The monoisotopic (exact) mass is 451 g/mol. The number of amides is 1. The quantitative estimate of drug-likeness (QED) is 0.705.